The Hall–Kier alpha value is -1.05. The van der Waals surface area contributed by atoms with Gasteiger partial charge in [0.05, 0.1) is 6.21 Å². The number of rotatable bonds is 1. The van der Waals surface area contributed by atoms with Crippen molar-refractivity contribution in [2.45, 2.75) is 13.3 Å². The van der Waals surface area contributed by atoms with E-state index in [2.05, 4.69) is 24.0 Å². The molecule has 0 aromatic heterocycles. The van der Waals surface area contributed by atoms with E-state index >= 15 is 0 Å². The fourth-order valence-corrected chi connectivity index (χ4v) is 0.685. The third kappa shape index (κ3) is 1.42. The lowest BCUT2D eigenvalue weighted by molar-refractivity contribution is 0.907. The first-order chi connectivity index (χ1) is 4.33. The van der Waals surface area contributed by atoms with Crippen LogP contribution in [-0.2, 0) is 0 Å². The van der Waals surface area contributed by atoms with Crippen molar-refractivity contribution < 1.29 is 0 Å². The van der Waals surface area contributed by atoms with Crippen molar-refractivity contribution in [1.82, 2.24) is 5.43 Å². The number of nitrogens with zero attached hydrogens (tertiary/aromatic N) is 1. The molecule has 48 valence electrons. The van der Waals surface area contributed by atoms with Gasteiger partial charge in [0.1, 0.15) is 0 Å². The second-order valence-corrected chi connectivity index (χ2v) is 1.97. The average Bonchev–Trinajstić information content (AvgIpc) is 1.88. The largest absolute Gasteiger partial charge is 0.279 e. The van der Waals surface area contributed by atoms with E-state index in [1.54, 1.807) is 0 Å². The Morgan fingerprint density at radius 2 is 2.56 bits per heavy atom. The fraction of sp³-hybridized carbons (Fsp3) is 0.286. The van der Waals surface area contributed by atoms with Gasteiger partial charge in [-0.2, -0.15) is 5.10 Å². The Bertz CT molecular complexity index is 177. The van der Waals surface area contributed by atoms with E-state index < -0.39 is 0 Å². The van der Waals surface area contributed by atoms with E-state index in [1.165, 1.54) is 5.57 Å². The molecule has 1 rings (SSSR count). The van der Waals surface area contributed by atoms with Gasteiger partial charge >= 0.3 is 0 Å². The van der Waals surface area contributed by atoms with E-state index in [0.29, 0.717) is 0 Å². The summed E-state index contributed by atoms with van der Waals surface area (Å²) in [7, 11) is 0. The Balaban J connectivity index is 2.70. The highest BCUT2D eigenvalue weighted by Gasteiger charge is 1.95. The van der Waals surface area contributed by atoms with Crippen LogP contribution in [0.1, 0.15) is 13.3 Å². The van der Waals surface area contributed by atoms with E-state index in [4.69, 9.17) is 0 Å². The maximum Gasteiger partial charge on any atom is 0.0504 e. The molecule has 0 spiro atoms. The SMILES string of the molecule is C=C1C=C(CC)C=NN1. The van der Waals surface area contributed by atoms with Crippen molar-refractivity contribution in [1.29, 1.82) is 0 Å². The highest BCUT2D eigenvalue weighted by molar-refractivity contribution is 5.80. The third-order valence-corrected chi connectivity index (χ3v) is 1.21. The molecule has 0 aromatic carbocycles. The molecule has 1 heterocycles. The minimum Gasteiger partial charge on any atom is -0.279 e. The summed E-state index contributed by atoms with van der Waals surface area (Å²) in [6.07, 6.45) is 4.83. The average molecular weight is 122 g/mol. The fourth-order valence-electron chi connectivity index (χ4n) is 0.685. The lowest BCUT2D eigenvalue weighted by Crippen LogP contribution is -2.07. The second-order valence-electron chi connectivity index (χ2n) is 1.97. The first-order valence-electron chi connectivity index (χ1n) is 3.01. The van der Waals surface area contributed by atoms with Crippen molar-refractivity contribution in [2.24, 2.45) is 5.10 Å². The van der Waals surface area contributed by atoms with Crippen LogP contribution in [0.25, 0.3) is 0 Å². The summed E-state index contributed by atoms with van der Waals surface area (Å²) in [6.45, 7) is 5.80. The van der Waals surface area contributed by atoms with Crippen molar-refractivity contribution in [2.75, 3.05) is 0 Å². The summed E-state index contributed by atoms with van der Waals surface area (Å²) >= 11 is 0. The van der Waals surface area contributed by atoms with Gasteiger partial charge in [-0.15, -0.1) is 0 Å². The normalized spacial score (nSPS) is 17.0. The van der Waals surface area contributed by atoms with Gasteiger partial charge in [0.25, 0.3) is 0 Å². The van der Waals surface area contributed by atoms with Crippen LogP contribution in [-0.4, -0.2) is 6.21 Å². The van der Waals surface area contributed by atoms with Crippen LogP contribution in [0, 0.1) is 0 Å². The summed E-state index contributed by atoms with van der Waals surface area (Å²) in [5, 5.41) is 3.87. The van der Waals surface area contributed by atoms with Crippen molar-refractivity contribution in [3.63, 3.8) is 0 Å². The molecule has 0 saturated carbocycles. The molecular weight excluding hydrogens is 112 g/mol. The van der Waals surface area contributed by atoms with Crippen molar-refractivity contribution in [3.05, 3.63) is 23.9 Å². The Kier molecular flexibility index (Phi) is 1.68. The lowest BCUT2D eigenvalue weighted by Gasteiger charge is -2.06. The van der Waals surface area contributed by atoms with Gasteiger partial charge in [-0.3, -0.25) is 5.43 Å². The van der Waals surface area contributed by atoms with Crippen LogP contribution >= 0.6 is 0 Å². The number of hydrogen-bond acceptors (Lipinski definition) is 2. The quantitative estimate of drug-likeness (QED) is 0.559. The van der Waals surface area contributed by atoms with Crippen molar-refractivity contribution in [3.8, 4) is 0 Å². The molecule has 0 unspecified atom stereocenters. The zero-order valence-corrected chi connectivity index (χ0v) is 5.52. The molecule has 0 radical (unpaired) electrons. The molecule has 1 N–H and O–H groups in total. The van der Waals surface area contributed by atoms with Crippen LogP contribution in [0.2, 0.25) is 0 Å². The molecule has 0 fully saturated rings. The Morgan fingerprint density at radius 1 is 1.78 bits per heavy atom. The molecule has 0 bridgehead atoms. The molecule has 2 nitrogen and oxygen atoms in total. The van der Waals surface area contributed by atoms with Crippen LogP contribution in [0.4, 0.5) is 0 Å². The number of nitrogens with one attached hydrogen (secondary N) is 1. The molecule has 1 aliphatic heterocycles. The van der Waals surface area contributed by atoms with Crippen LogP contribution in [0.3, 0.4) is 0 Å². The van der Waals surface area contributed by atoms with Crippen molar-refractivity contribution >= 4 is 6.21 Å². The van der Waals surface area contributed by atoms with Gasteiger partial charge in [0, 0.05) is 5.70 Å². The lowest BCUT2D eigenvalue weighted by atomic mass is 10.2. The maximum atomic E-state index is 3.87. The molecule has 0 amide bonds. The van der Waals surface area contributed by atoms with Crippen LogP contribution < -0.4 is 5.43 Å². The summed E-state index contributed by atoms with van der Waals surface area (Å²) < 4.78 is 0. The minimum absolute atomic E-state index is 0.870. The first kappa shape index (κ1) is 6.08. The monoisotopic (exact) mass is 122 g/mol. The zero-order valence-electron chi connectivity index (χ0n) is 5.52. The molecule has 0 aromatic rings. The number of hydrogen-bond donors (Lipinski definition) is 1. The molecule has 1 aliphatic rings. The van der Waals surface area contributed by atoms with Crippen LogP contribution in [0.15, 0.2) is 29.0 Å². The van der Waals surface area contributed by atoms with Crippen LogP contribution in [0.5, 0.6) is 0 Å². The second kappa shape index (κ2) is 2.49. The summed E-state index contributed by atoms with van der Waals surface area (Å²) in [6, 6.07) is 0. The number of allylic oxidation sites excluding steroid dienone is 2. The Labute approximate surface area is 55.0 Å². The molecular formula is C7H10N2. The highest BCUT2D eigenvalue weighted by Crippen LogP contribution is 2.03. The van der Waals surface area contributed by atoms with E-state index in [-0.39, 0.29) is 0 Å². The molecule has 0 aliphatic carbocycles. The standard InChI is InChI=1S/C7H10N2/c1-3-7-4-6(2)9-8-5-7/h4-5,9H,2-3H2,1H3. The summed E-state index contributed by atoms with van der Waals surface area (Å²) in [5.74, 6) is 0. The highest BCUT2D eigenvalue weighted by atomic mass is 15.3. The number of hydrazone groups is 1. The summed E-state index contributed by atoms with van der Waals surface area (Å²) in [4.78, 5) is 0. The van der Waals surface area contributed by atoms with Gasteiger partial charge in [0.2, 0.25) is 0 Å². The molecule has 0 atom stereocenters. The summed E-state index contributed by atoms with van der Waals surface area (Å²) in [5.41, 5.74) is 4.84. The zero-order chi connectivity index (χ0) is 6.69. The van der Waals surface area contributed by atoms with Gasteiger partial charge in [-0.1, -0.05) is 13.5 Å². The predicted octanol–water partition coefficient (Wildman–Crippen LogP) is 1.43. The molecule has 0 saturated heterocycles. The Morgan fingerprint density at radius 3 is 3.00 bits per heavy atom. The van der Waals surface area contributed by atoms with Gasteiger partial charge in [-0.25, -0.2) is 0 Å². The van der Waals surface area contributed by atoms with Gasteiger partial charge < -0.3 is 0 Å². The smallest absolute Gasteiger partial charge is 0.0504 e. The first-order valence-corrected chi connectivity index (χ1v) is 3.01. The van der Waals surface area contributed by atoms with E-state index in [1.807, 2.05) is 12.3 Å². The van der Waals surface area contributed by atoms with Gasteiger partial charge in [-0.05, 0) is 18.1 Å². The minimum atomic E-state index is 0.870. The third-order valence-electron chi connectivity index (χ3n) is 1.21. The predicted molar refractivity (Wildman–Crippen MR) is 39.1 cm³/mol. The topological polar surface area (TPSA) is 24.4 Å². The van der Waals surface area contributed by atoms with Gasteiger partial charge in [0.15, 0.2) is 0 Å². The van der Waals surface area contributed by atoms with E-state index in [0.717, 1.165) is 12.1 Å². The van der Waals surface area contributed by atoms with E-state index in [9.17, 15) is 0 Å². The maximum absolute atomic E-state index is 3.87. The molecule has 9 heavy (non-hydrogen) atoms. The molecule has 2 heteroatoms.